The monoisotopic (exact) mass is 236 g/mol. The van der Waals surface area contributed by atoms with Crippen LogP contribution in [-0.4, -0.2) is 12.3 Å². The number of rotatable bonds is 0. The van der Waals surface area contributed by atoms with Gasteiger partial charge in [0.15, 0.2) is 0 Å². The summed E-state index contributed by atoms with van der Waals surface area (Å²) in [6, 6.07) is 5.73. The van der Waals surface area contributed by atoms with Crippen LogP contribution in [0, 0.1) is 22.7 Å². The molecule has 1 heterocycles. The highest BCUT2D eigenvalue weighted by Crippen LogP contribution is 2.24. The molecule has 2 rings (SSSR count). The molecule has 0 bridgehead atoms. The summed E-state index contributed by atoms with van der Waals surface area (Å²) in [4.78, 5) is 6.71. The molecule has 0 aliphatic carbocycles. The summed E-state index contributed by atoms with van der Waals surface area (Å²) in [7, 11) is 0. The van der Waals surface area contributed by atoms with Crippen molar-refractivity contribution in [1.82, 2.24) is 0 Å². The Morgan fingerprint density at radius 1 is 1.00 bits per heavy atom. The van der Waals surface area contributed by atoms with E-state index in [1.807, 2.05) is 0 Å². The van der Waals surface area contributed by atoms with Crippen molar-refractivity contribution in [3.63, 3.8) is 0 Å². The van der Waals surface area contributed by atoms with Gasteiger partial charge in [-0.15, -0.1) is 0 Å². The van der Waals surface area contributed by atoms with Crippen molar-refractivity contribution in [2.45, 2.75) is 12.3 Å². The maximum atomic E-state index is 12.4. The largest absolute Gasteiger partial charge is 0.431 e. The van der Waals surface area contributed by atoms with Gasteiger partial charge in [-0.3, -0.25) is 0 Å². The molecule has 0 saturated heterocycles. The van der Waals surface area contributed by atoms with Crippen LogP contribution in [0.25, 0.3) is 0 Å². The Bertz CT molecular complexity index is 623. The number of alkyl halides is 3. The smallest absolute Gasteiger partial charge is 0.247 e. The predicted octanol–water partition coefficient (Wildman–Crippen LogP) is 0.571. The summed E-state index contributed by atoms with van der Waals surface area (Å²) in [6.07, 6.45) is -6.70. The van der Waals surface area contributed by atoms with Crippen molar-refractivity contribution in [2.24, 2.45) is 9.98 Å². The molecule has 0 N–H and O–H groups in total. The topological polar surface area (TPSA) is 72.3 Å². The van der Waals surface area contributed by atoms with Gasteiger partial charge in [0.25, 0.3) is 0 Å². The van der Waals surface area contributed by atoms with Gasteiger partial charge < -0.3 is 0 Å². The van der Waals surface area contributed by atoms with Gasteiger partial charge in [-0.25, -0.2) is 9.98 Å². The zero-order valence-corrected chi connectivity index (χ0v) is 8.15. The Labute approximate surface area is 93.0 Å². The fourth-order valence-corrected chi connectivity index (χ4v) is 1.41. The molecule has 0 amide bonds. The van der Waals surface area contributed by atoms with Crippen LogP contribution in [0.15, 0.2) is 22.1 Å². The van der Waals surface area contributed by atoms with E-state index in [0.29, 0.717) is 0 Å². The lowest BCUT2D eigenvalue weighted by Gasteiger charge is -2.07. The fourth-order valence-electron chi connectivity index (χ4n) is 1.41. The standard InChI is InChI=1S/C10H3F3N4/c11-10(12,13)9-16-7-1-5(3-14)6(4-15)2-8(7)17-9/h1-2,9H. The predicted molar refractivity (Wildman–Crippen MR) is 48.0 cm³/mol. The highest BCUT2D eigenvalue weighted by molar-refractivity contribution is 5.44. The maximum Gasteiger partial charge on any atom is 0.431 e. The molecule has 0 radical (unpaired) electrons. The molecule has 1 aliphatic rings. The molecule has 84 valence electrons. The molecule has 7 heteroatoms. The maximum absolute atomic E-state index is 12.4. The van der Waals surface area contributed by atoms with Gasteiger partial charge in [0.1, 0.15) is 12.1 Å². The van der Waals surface area contributed by atoms with Crippen LogP contribution in [-0.2, 0) is 0 Å². The average Bonchev–Trinajstić information content (AvgIpc) is 2.69. The highest BCUT2D eigenvalue weighted by Gasteiger charge is 2.40. The normalized spacial score (nSPS) is 14.2. The van der Waals surface area contributed by atoms with Crippen molar-refractivity contribution in [2.75, 3.05) is 0 Å². The summed E-state index contributed by atoms with van der Waals surface area (Å²) in [5, 5.41) is 17.4. The van der Waals surface area contributed by atoms with Gasteiger partial charge in [-0.05, 0) is 12.1 Å². The summed E-state index contributed by atoms with van der Waals surface area (Å²) in [5.74, 6) is 0. The number of hydrogen-bond acceptors (Lipinski definition) is 4. The van der Waals surface area contributed by atoms with E-state index < -0.39 is 12.3 Å². The number of halogens is 3. The van der Waals surface area contributed by atoms with Gasteiger partial charge in [0.2, 0.25) is 6.17 Å². The van der Waals surface area contributed by atoms with E-state index in [2.05, 4.69) is 9.98 Å². The first-order valence-electron chi connectivity index (χ1n) is 4.42. The molecule has 1 aromatic carbocycles. The zero-order valence-electron chi connectivity index (χ0n) is 8.15. The van der Waals surface area contributed by atoms with Gasteiger partial charge >= 0.3 is 6.18 Å². The number of nitriles is 2. The minimum atomic E-state index is -4.56. The minimum Gasteiger partial charge on any atom is -0.247 e. The van der Waals surface area contributed by atoms with Crippen molar-refractivity contribution >= 4 is 0 Å². The van der Waals surface area contributed by atoms with Crippen LogP contribution in [0.5, 0.6) is 0 Å². The van der Waals surface area contributed by atoms with E-state index in [0.717, 1.165) is 12.1 Å². The van der Waals surface area contributed by atoms with E-state index in [4.69, 9.17) is 10.5 Å². The second kappa shape index (κ2) is 3.56. The van der Waals surface area contributed by atoms with E-state index >= 15 is 0 Å². The summed E-state index contributed by atoms with van der Waals surface area (Å²) >= 11 is 0. The van der Waals surface area contributed by atoms with Crippen LogP contribution in [0.2, 0.25) is 0 Å². The molecular weight excluding hydrogens is 233 g/mol. The lowest BCUT2D eigenvalue weighted by atomic mass is 10.1. The third-order valence-corrected chi connectivity index (χ3v) is 2.17. The fraction of sp³-hybridized carbons (Fsp3) is 0.200. The molecule has 1 aromatic rings. The second-order valence-corrected chi connectivity index (χ2v) is 3.28. The van der Waals surface area contributed by atoms with Crippen LogP contribution in [0.4, 0.5) is 13.2 Å². The molecule has 0 unspecified atom stereocenters. The van der Waals surface area contributed by atoms with Gasteiger partial charge in [0, 0.05) is 0 Å². The summed E-state index contributed by atoms with van der Waals surface area (Å²) in [5.41, 5.74) is -0.0129. The first kappa shape index (κ1) is 11.1. The molecule has 0 saturated carbocycles. The molecule has 1 aliphatic heterocycles. The number of hydrogen-bond donors (Lipinski definition) is 0. The molecule has 17 heavy (non-hydrogen) atoms. The summed E-state index contributed by atoms with van der Waals surface area (Å²) in [6.45, 7) is 0. The first-order valence-corrected chi connectivity index (χ1v) is 4.42. The van der Waals surface area contributed by atoms with E-state index in [1.54, 1.807) is 12.1 Å². The van der Waals surface area contributed by atoms with E-state index in [9.17, 15) is 13.2 Å². The first-order chi connectivity index (χ1) is 7.95. The number of nitrogens with zero attached hydrogens (tertiary/aromatic N) is 4. The van der Waals surface area contributed by atoms with Crippen molar-refractivity contribution < 1.29 is 13.2 Å². The van der Waals surface area contributed by atoms with Gasteiger partial charge in [0.05, 0.1) is 21.8 Å². The molecule has 0 spiro atoms. The minimum absolute atomic E-state index is 0.00646. The Hall–Kier alpha value is -2.41. The molecular formula is C10H3F3N4. The second-order valence-electron chi connectivity index (χ2n) is 3.28. The lowest BCUT2D eigenvalue weighted by molar-refractivity contribution is -0.145. The SMILES string of the molecule is N#Cc1cc2c(cc1C#N)=NC(C(F)(F)F)N=2. The molecule has 0 atom stereocenters. The Morgan fingerprint density at radius 3 is 1.71 bits per heavy atom. The Kier molecular flexibility index (Phi) is 2.32. The van der Waals surface area contributed by atoms with Gasteiger partial charge in [-0.1, -0.05) is 0 Å². The van der Waals surface area contributed by atoms with Crippen LogP contribution in [0.3, 0.4) is 0 Å². The van der Waals surface area contributed by atoms with Crippen LogP contribution in [0.1, 0.15) is 11.1 Å². The molecule has 0 fully saturated rings. The number of fused-ring (bicyclic) bond motifs is 1. The van der Waals surface area contributed by atoms with Crippen molar-refractivity contribution in [3.8, 4) is 12.1 Å². The quantitative estimate of drug-likeness (QED) is 0.660. The molecule has 4 nitrogen and oxygen atoms in total. The molecule has 0 aromatic heterocycles. The Balaban J connectivity index is 2.66. The van der Waals surface area contributed by atoms with E-state index in [1.165, 1.54) is 0 Å². The van der Waals surface area contributed by atoms with Crippen molar-refractivity contribution in [1.29, 1.82) is 10.5 Å². The number of benzene rings is 1. The third kappa shape index (κ3) is 1.83. The Morgan fingerprint density at radius 2 is 1.41 bits per heavy atom. The van der Waals surface area contributed by atoms with Gasteiger partial charge in [-0.2, -0.15) is 23.7 Å². The average molecular weight is 236 g/mol. The lowest BCUT2D eigenvalue weighted by Crippen LogP contribution is -2.24. The van der Waals surface area contributed by atoms with Crippen LogP contribution >= 0.6 is 0 Å². The van der Waals surface area contributed by atoms with E-state index in [-0.39, 0.29) is 21.8 Å². The van der Waals surface area contributed by atoms with Crippen molar-refractivity contribution in [3.05, 3.63) is 34.0 Å². The summed E-state index contributed by atoms with van der Waals surface area (Å²) < 4.78 is 37.1. The highest BCUT2D eigenvalue weighted by atomic mass is 19.4. The zero-order chi connectivity index (χ0) is 12.6. The third-order valence-electron chi connectivity index (χ3n) is 2.17. The van der Waals surface area contributed by atoms with Crippen LogP contribution < -0.4 is 10.7 Å².